The van der Waals surface area contributed by atoms with Gasteiger partial charge in [0.15, 0.2) is 0 Å². The molecule has 0 unspecified atom stereocenters. The Hall–Kier alpha value is -1.59. The number of hydrogen-bond acceptors (Lipinski definition) is 3. The van der Waals surface area contributed by atoms with Crippen LogP contribution in [0.15, 0.2) is 18.2 Å². The van der Waals surface area contributed by atoms with Crippen LogP contribution in [0.25, 0.3) is 10.9 Å². The molecule has 3 rings (SSSR count). The summed E-state index contributed by atoms with van der Waals surface area (Å²) < 4.78 is 7.13. The number of hydrogen-bond donors (Lipinski definition) is 1. The van der Waals surface area contributed by atoms with E-state index in [1.807, 2.05) is 25.2 Å². The zero-order chi connectivity index (χ0) is 14.1. The summed E-state index contributed by atoms with van der Waals surface area (Å²) in [5.41, 5.74) is 1.73. The third-order valence-electron chi connectivity index (χ3n) is 3.55. The lowest BCUT2D eigenvalue weighted by Crippen LogP contribution is -2.33. The van der Waals surface area contributed by atoms with Crippen LogP contribution >= 0.6 is 11.6 Å². The summed E-state index contributed by atoms with van der Waals surface area (Å²) in [4.78, 5) is 11.9. The Morgan fingerprint density at radius 1 is 1.60 bits per heavy atom. The summed E-state index contributed by atoms with van der Waals surface area (Å²) in [5.74, 6) is -0.0756. The molecule has 1 aliphatic heterocycles. The topological polar surface area (TPSA) is 56.2 Å². The second-order valence-corrected chi connectivity index (χ2v) is 5.33. The molecule has 6 heteroatoms. The number of aromatic nitrogens is 2. The molecule has 0 aliphatic carbocycles. The zero-order valence-electron chi connectivity index (χ0n) is 11.2. The summed E-state index contributed by atoms with van der Waals surface area (Å²) >= 11 is 6.23. The van der Waals surface area contributed by atoms with Crippen molar-refractivity contribution < 1.29 is 9.53 Å². The largest absolute Gasteiger partial charge is 0.368 e. The van der Waals surface area contributed by atoms with Crippen molar-refractivity contribution in [2.45, 2.75) is 25.5 Å². The number of carbonyl (C=O) groups excluding carboxylic acids is 1. The van der Waals surface area contributed by atoms with Crippen LogP contribution in [0.5, 0.6) is 0 Å². The predicted octanol–water partition coefficient (Wildman–Crippen LogP) is 2.02. The van der Waals surface area contributed by atoms with E-state index in [1.165, 1.54) is 0 Å². The Balaban J connectivity index is 1.79. The molecule has 1 aromatic heterocycles. The fourth-order valence-corrected chi connectivity index (χ4v) is 2.82. The molecule has 20 heavy (non-hydrogen) atoms. The van der Waals surface area contributed by atoms with Crippen molar-refractivity contribution in [1.82, 2.24) is 15.1 Å². The number of carbonyl (C=O) groups is 1. The molecule has 0 bridgehead atoms. The minimum absolute atomic E-state index is 0.0756. The first kappa shape index (κ1) is 13.4. The van der Waals surface area contributed by atoms with Crippen LogP contribution in [-0.4, -0.2) is 28.4 Å². The molecule has 0 saturated carbocycles. The fraction of sp³-hybridized carbons (Fsp3) is 0.429. The number of benzene rings is 1. The Morgan fingerprint density at radius 3 is 3.20 bits per heavy atom. The van der Waals surface area contributed by atoms with Crippen LogP contribution in [0.3, 0.4) is 0 Å². The summed E-state index contributed by atoms with van der Waals surface area (Å²) in [5, 5.41) is 8.84. The smallest absolute Gasteiger partial charge is 0.249 e. The maximum Gasteiger partial charge on any atom is 0.249 e. The van der Waals surface area contributed by atoms with E-state index in [0.717, 1.165) is 29.4 Å². The van der Waals surface area contributed by atoms with Gasteiger partial charge >= 0.3 is 0 Å². The number of ether oxygens (including phenoxy) is 1. The number of fused-ring (bicyclic) bond motifs is 1. The minimum atomic E-state index is -0.319. The van der Waals surface area contributed by atoms with Crippen LogP contribution < -0.4 is 5.32 Å². The predicted molar refractivity (Wildman–Crippen MR) is 76.5 cm³/mol. The van der Waals surface area contributed by atoms with Crippen molar-refractivity contribution in [2.75, 3.05) is 6.61 Å². The molecule has 1 N–H and O–H groups in total. The first-order chi connectivity index (χ1) is 9.66. The van der Waals surface area contributed by atoms with E-state index >= 15 is 0 Å². The van der Waals surface area contributed by atoms with Gasteiger partial charge in [0.25, 0.3) is 0 Å². The lowest BCUT2D eigenvalue weighted by atomic mass is 10.2. The Bertz CT molecular complexity index is 647. The molecular weight excluding hydrogens is 278 g/mol. The van der Waals surface area contributed by atoms with Crippen molar-refractivity contribution >= 4 is 28.4 Å². The SMILES string of the molecule is Cn1nc(CNC(=O)[C@@H]2CCCO2)c2c(Cl)cccc21. The molecule has 1 aliphatic rings. The van der Waals surface area contributed by atoms with Gasteiger partial charge < -0.3 is 10.1 Å². The molecule has 1 fully saturated rings. The molecular formula is C14H16ClN3O2. The van der Waals surface area contributed by atoms with Gasteiger partial charge in [0, 0.05) is 19.0 Å². The number of amides is 1. The van der Waals surface area contributed by atoms with Gasteiger partial charge in [-0.1, -0.05) is 17.7 Å². The van der Waals surface area contributed by atoms with Crippen LogP contribution in [0.2, 0.25) is 5.02 Å². The van der Waals surface area contributed by atoms with Gasteiger partial charge in [-0.05, 0) is 25.0 Å². The van der Waals surface area contributed by atoms with Gasteiger partial charge in [-0.2, -0.15) is 5.10 Å². The summed E-state index contributed by atoms with van der Waals surface area (Å²) in [6, 6.07) is 5.68. The van der Waals surface area contributed by atoms with Gasteiger partial charge in [0.1, 0.15) is 6.10 Å². The maximum absolute atomic E-state index is 11.9. The average molecular weight is 294 g/mol. The van der Waals surface area contributed by atoms with Crippen LogP contribution in [0, 0.1) is 0 Å². The molecule has 106 valence electrons. The lowest BCUT2D eigenvalue weighted by Gasteiger charge is -2.09. The summed E-state index contributed by atoms with van der Waals surface area (Å²) in [6.45, 7) is 1.02. The standard InChI is InChI=1S/C14H16ClN3O2/c1-18-11-5-2-4-9(15)13(11)10(17-18)8-16-14(19)12-6-3-7-20-12/h2,4-5,12H,3,6-8H2,1H3,(H,16,19)/t12-/m0/s1. The number of halogens is 1. The van der Waals surface area contributed by atoms with Crippen LogP contribution in [0.1, 0.15) is 18.5 Å². The number of nitrogens with zero attached hydrogens (tertiary/aromatic N) is 2. The van der Waals surface area contributed by atoms with Crippen molar-refractivity contribution in [1.29, 1.82) is 0 Å². The van der Waals surface area contributed by atoms with Crippen molar-refractivity contribution in [3.8, 4) is 0 Å². The highest BCUT2D eigenvalue weighted by Gasteiger charge is 2.23. The molecule has 2 heterocycles. The molecule has 0 spiro atoms. The molecule has 2 aromatic rings. The lowest BCUT2D eigenvalue weighted by molar-refractivity contribution is -0.130. The molecule has 1 atom stereocenters. The van der Waals surface area contributed by atoms with Gasteiger partial charge in [0.05, 0.1) is 22.8 Å². The van der Waals surface area contributed by atoms with Crippen molar-refractivity contribution in [3.63, 3.8) is 0 Å². The molecule has 1 saturated heterocycles. The third-order valence-corrected chi connectivity index (χ3v) is 3.87. The fourth-order valence-electron chi connectivity index (χ4n) is 2.55. The van der Waals surface area contributed by atoms with Gasteiger partial charge in [-0.25, -0.2) is 0 Å². The normalized spacial score (nSPS) is 18.6. The monoisotopic (exact) mass is 293 g/mol. The van der Waals surface area contributed by atoms with Gasteiger partial charge in [-0.3, -0.25) is 9.48 Å². The number of rotatable bonds is 3. The number of nitrogens with one attached hydrogen (secondary N) is 1. The Labute approximate surface area is 121 Å². The van der Waals surface area contributed by atoms with E-state index in [9.17, 15) is 4.79 Å². The first-order valence-corrected chi connectivity index (χ1v) is 7.04. The second kappa shape index (κ2) is 5.42. The second-order valence-electron chi connectivity index (χ2n) is 4.92. The summed E-state index contributed by atoms with van der Waals surface area (Å²) in [7, 11) is 1.87. The highest BCUT2D eigenvalue weighted by Crippen LogP contribution is 2.26. The quantitative estimate of drug-likeness (QED) is 0.942. The van der Waals surface area contributed by atoms with Crippen LogP contribution in [0.4, 0.5) is 0 Å². The molecule has 1 amide bonds. The van der Waals surface area contributed by atoms with Crippen molar-refractivity contribution in [2.24, 2.45) is 7.05 Å². The molecule has 1 aromatic carbocycles. The highest BCUT2D eigenvalue weighted by molar-refractivity contribution is 6.35. The summed E-state index contributed by atoms with van der Waals surface area (Å²) in [6.07, 6.45) is 1.41. The first-order valence-electron chi connectivity index (χ1n) is 6.66. The van der Waals surface area contributed by atoms with E-state index < -0.39 is 0 Å². The van der Waals surface area contributed by atoms with E-state index in [1.54, 1.807) is 4.68 Å². The van der Waals surface area contributed by atoms with E-state index in [0.29, 0.717) is 18.2 Å². The molecule has 0 radical (unpaired) electrons. The minimum Gasteiger partial charge on any atom is -0.368 e. The molecule has 5 nitrogen and oxygen atoms in total. The Morgan fingerprint density at radius 2 is 2.45 bits per heavy atom. The highest BCUT2D eigenvalue weighted by atomic mass is 35.5. The zero-order valence-corrected chi connectivity index (χ0v) is 12.0. The van der Waals surface area contributed by atoms with E-state index in [-0.39, 0.29) is 12.0 Å². The van der Waals surface area contributed by atoms with Crippen molar-refractivity contribution in [3.05, 3.63) is 28.9 Å². The maximum atomic E-state index is 11.9. The third kappa shape index (κ3) is 2.39. The van der Waals surface area contributed by atoms with Gasteiger partial charge in [-0.15, -0.1) is 0 Å². The van der Waals surface area contributed by atoms with Gasteiger partial charge in [0.2, 0.25) is 5.91 Å². The number of aryl methyl sites for hydroxylation is 1. The van der Waals surface area contributed by atoms with E-state index in [2.05, 4.69) is 10.4 Å². The van der Waals surface area contributed by atoms with Crippen LogP contribution in [-0.2, 0) is 23.1 Å². The van der Waals surface area contributed by atoms with E-state index in [4.69, 9.17) is 16.3 Å². The Kier molecular flexibility index (Phi) is 3.63. The average Bonchev–Trinajstić information content (AvgIpc) is 3.06.